The first-order valence-electron chi connectivity index (χ1n) is 7.99. The van der Waals surface area contributed by atoms with Gasteiger partial charge in [0.2, 0.25) is 0 Å². The van der Waals surface area contributed by atoms with Gasteiger partial charge in [0.25, 0.3) is 17.7 Å². The van der Waals surface area contributed by atoms with Crippen LogP contribution in [-0.2, 0) is 19.1 Å². The fourth-order valence-corrected chi connectivity index (χ4v) is 2.67. The van der Waals surface area contributed by atoms with Crippen molar-refractivity contribution in [3.05, 3.63) is 35.4 Å². The van der Waals surface area contributed by atoms with Crippen LogP contribution < -0.4 is 15.4 Å². The minimum absolute atomic E-state index is 0.00849. The molecule has 1 aromatic carbocycles. The second-order valence-electron chi connectivity index (χ2n) is 5.65. The SMILES string of the molecule is O=C1NC(=S)NC(=O)C1=Cc1ccc(OCC(=O)N2CCOCC2)cc1. The number of morpholine rings is 1. The Hall–Kier alpha value is -2.78. The van der Waals surface area contributed by atoms with Gasteiger partial charge in [0.15, 0.2) is 11.7 Å². The topological polar surface area (TPSA) is 97.0 Å². The van der Waals surface area contributed by atoms with Gasteiger partial charge in [-0.05, 0) is 36.0 Å². The molecule has 0 radical (unpaired) electrons. The van der Waals surface area contributed by atoms with Gasteiger partial charge >= 0.3 is 0 Å². The third-order valence-corrected chi connectivity index (χ3v) is 4.06. The molecular formula is C17H17N3O5S. The van der Waals surface area contributed by atoms with Gasteiger partial charge in [0.05, 0.1) is 13.2 Å². The van der Waals surface area contributed by atoms with Crippen LogP contribution in [0.2, 0.25) is 0 Å². The van der Waals surface area contributed by atoms with E-state index in [1.54, 1.807) is 29.2 Å². The van der Waals surface area contributed by atoms with Crippen LogP contribution in [0.4, 0.5) is 0 Å². The summed E-state index contributed by atoms with van der Waals surface area (Å²) in [5.41, 5.74) is 0.611. The molecule has 9 heteroatoms. The van der Waals surface area contributed by atoms with Gasteiger partial charge in [-0.15, -0.1) is 0 Å². The fraction of sp³-hybridized carbons (Fsp3) is 0.294. The maximum absolute atomic E-state index is 12.0. The van der Waals surface area contributed by atoms with Crippen LogP contribution in [0.5, 0.6) is 5.75 Å². The Balaban J connectivity index is 1.59. The zero-order chi connectivity index (χ0) is 18.5. The zero-order valence-electron chi connectivity index (χ0n) is 13.8. The highest BCUT2D eigenvalue weighted by molar-refractivity contribution is 7.80. The molecule has 2 fully saturated rings. The van der Waals surface area contributed by atoms with E-state index in [2.05, 4.69) is 10.6 Å². The smallest absolute Gasteiger partial charge is 0.263 e. The van der Waals surface area contributed by atoms with Gasteiger partial charge in [-0.2, -0.15) is 0 Å². The van der Waals surface area contributed by atoms with E-state index in [0.717, 1.165) is 0 Å². The molecule has 3 rings (SSSR count). The van der Waals surface area contributed by atoms with Crippen LogP contribution in [0.15, 0.2) is 29.8 Å². The van der Waals surface area contributed by atoms with E-state index in [1.165, 1.54) is 6.08 Å². The number of rotatable bonds is 4. The lowest BCUT2D eigenvalue weighted by Gasteiger charge is -2.26. The van der Waals surface area contributed by atoms with E-state index < -0.39 is 11.8 Å². The summed E-state index contributed by atoms with van der Waals surface area (Å²) in [6.45, 7) is 2.18. The number of carbonyl (C=O) groups excluding carboxylic acids is 3. The summed E-state index contributed by atoms with van der Waals surface area (Å²) in [6, 6.07) is 6.72. The molecule has 0 atom stereocenters. The molecule has 136 valence electrons. The number of hydrogen-bond acceptors (Lipinski definition) is 6. The van der Waals surface area contributed by atoms with Crippen molar-refractivity contribution >= 4 is 41.1 Å². The van der Waals surface area contributed by atoms with Crippen LogP contribution >= 0.6 is 12.2 Å². The van der Waals surface area contributed by atoms with Gasteiger partial charge < -0.3 is 14.4 Å². The number of hydrogen-bond donors (Lipinski definition) is 2. The molecule has 3 amide bonds. The number of nitrogens with one attached hydrogen (secondary N) is 2. The van der Waals surface area contributed by atoms with Gasteiger partial charge in [0.1, 0.15) is 11.3 Å². The first-order valence-corrected chi connectivity index (χ1v) is 8.40. The number of thiocarbonyl (C=S) groups is 1. The number of amides is 3. The van der Waals surface area contributed by atoms with Crippen molar-refractivity contribution in [1.29, 1.82) is 0 Å². The average Bonchev–Trinajstić information content (AvgIpc) is 2.64. The molecule has 0 aliphatic carbocycles. The van der Waals surface area contributed by atoms with Crippen molar-refractivity contribution in [3.63, 3.8) is 0 Å². The van der Waals surface area contributed by atoms with Crippen LogP contribution in [0.1, 0.15) is 5.56 Å². The average molecular weight is 375 g/mol. The van der Waals surface area contributed by atoms with Crippen molar-refractivity contribution in [3.8, 4) is 5.75 Å². The summed E-state index contributed by atoms with van der Waals surface area (Å²) >= 11 is 4.75. The van der Waals surface area contributed by atoms with E-state index in [9.17, 15) is 14.4 Å². The summed E-state index contributed by atoms with van der Waals surface area (Å²) in [4.78, 5) is 37.4. The van der Waals surface area contributed by atoms with E-state index in [0.29, 0.717) is 37.6 Å². The van der Waals surface area contributed by atoms with Crippen molar-refractivity contribution < 1.29 is 23.9 Å². The van der Waals surface area contributed by atoms with Crippen molar-refractivity contribution in [1.82, 2.24) is 15.5 Å². The van der Waals surface area contributed by atoms with Gasteiger partial charge in [0, 0.05) is 13.1 Å². The molecule has 8 nitrogen and oxygen atoms in total. The summed E-state index contributed by atoms with van der Waals surface area (Å²) in [5.74, 6) is -0.663. The highest BCUT2D eigenvalue weighted by atomic mass is 32.1. The van der Waals surface area contributed by atoms with Crippen LogP contribution in [0, 0.1) is 0 Å². The van der Waals surface area contributed by atoms with E-state index >= 15 is 0 Å². The molecule has 1 aromatic rings. The molecule has 26 heavy (non-hydrogen) atoms. The molecule has 2 saturated heterocycles. The predicted molar refractivity (Wildman–Crippen MR) is 96.2 cm³/mol. The molecule has 2 N–H and O–H groups in total. The Labute approximate surface area is 155 Å². The maximum Gasteiger partial charge on any atom is 0.263 e. The molecule has 2 heterocycles. The molecule has 0 saturated carbocycles. The van der Waals surface area contributed by atoms with E-state index in [4.69, 9.17) is 21.7 Å². The lowest BCUT2D eigenvalue weighted by atomic mass is 10.1. The lowest BCUT2D eigenvalue weighted by Crippen LogP contribution is -2.51. The Bertz CT molecular complexity index is 747. The zero-order valence-corrected chi connectivity index (χ0v) is 14.6. The first-order chi connectivity index (χ1) is 12.5. The standard InChI is InChI=1S/C17H17N3O5S/c21-14(20-5-7-24-8-6-20)10-25-12-3-1-11(2-4-12)9-13-15(22)18-17(26)19-16(13)23/h1-4,9H,5-8,10H2,(H2,18,19,22,23,26). The molecular weight excluding hydrogens is 358 g/mol. The Morgan fingerprint density at radius 3 is 2.38 bits per heavy atom. The molecule has 0 aromatic heterocycles. The Morgan fingerprint density at radius 1 is 1.15 bits per heavy atom. The van der Waals surface area contributed by atoms with Crippen LogP contribution in [-0.4, -0.2) is 60.6 Å². The van der Waals surface area contributed by atoms with Crippen molar-refractivity contribution in [2.45, 2.75) is 0 Å². The minimum Gasteiger partial charge on any atom is -0.484 e. The third kappa shape index (κ3) is 4.44. The van der Waals surface area contributed by atoms with Crippen LogP contribution in [0.25, 0.3) is 6.08 Å². The second kappa shape index (κ2) is 8.07. The molecule has 2 aliphatic rings. The van der Waals surface area contributed by atoms with E-state index in [-0.39, 0.29) is 23.2 Å². The minimum atomic E-state index is -0.546. The third-order valence-electron chi connectivity index (χ3n) is 3.86. The number of benzene rings is 1. The number of carbonyl (C=O) groups is 3. The van der Waals surface area contributed by atoms with Gasteiger partial charge in [-0.3, -0.25) is 25.0 Å². The van der Waals surface area contributed by atoms with Crippen molar-refractivity contribution in [2.24, 2.45) is 0 Å². The lowest BCUT2D eigenvalue weighted by molar-refractivity contribution is -0.137. The summed E-state index contributed by atoms with van der Waals surface area (Å²) in [7, 11) is 0. The predicted octanol–water partition coefficient (Wildman–Crippen LogP) is -0.161. The molecule has 0 unspecified atom stereocenters. The fourth-order valence-electron chi connectivity index (χ4n) is 2.48. The Morgan fingerprint density at radius 2 is 1.77 bits per heavy atom. The normalized spacial score (nSPS) is 17.5. The van der Waals surface area contributed by atoms with E-state index in [1.807, 2.05) is 0 Å². The number of nitrogens with zero attached hydrogens (tertiary/aromatic N) is 1. The van der Waals surface area contributed by atoms with Crippen LogP contribution in [0.3, 0.4) is 0 Å². The van der Waals surface area contributed by atoms with Crippen molar-refractivity contribution in [2.75, 3.05) is 32.9 Å². The van der Waals surface area contributed by atoms with Gasteiger partial charge in [-0.1, -0.05) is 12.1 Å². The quantitative estimate of drug-likeness (QED) is 0.431. The second-order valence-corrected chi connectivity index (χ2v) is 6.05. The largest absolute Gasteiger partial charge is 0.484 e. The monoisotopic (exact) mass is 375 g/mol. The number of ether oxygens (including phenoxy) is 2. The highest BCUT2D eigenvalue weighted by Gasteiger charge is 2.25. The highest BCUT2D eigenvalue weighted by Crippen LogP contribution is 2.16. The molecule has 0 bridgehead atoms. The summed E-state index contributed by atoms with van der Waals surface area (Å²) in [6.07, 6.45) is 1.45. The summed E-state index contributed by atoms with van der Waals surface area (Å²) in [5, 5.41) is 4.74. The molecule has 2 aliphatic heterocycles. The summed E-state index contributed by atoms with van der Waals surface area (Å²) < 4.78 is 10.7. The van der Waals surface area contributed by atoms with Gasteiger partial charge in [-0.25, -0.2) is 0 Å². The molecule has 0 spiro atoms. The Kier molecular flexibility index (Phi) is 5.59. The first kappa shape index (κ1) is 18.0. The maximum atomic E-state index is 12.0.